The Morgan fingerprint density at radius 3 is 2.38 bits per heavy atom. The number of aromatic nitrogens is 5. The SMILES string of the molecule is Clc1ccc(-n2cnnn2)c(-c2cc(CN(Cc3ccccc3)Cc3ccc(Br)cc3)no2)c1. The van der Waals surface area contributed by atoms with Gasteiger partial charge in [-0.15, -0.1) is 5.10 Å². The van der Waals surface area contributed by atoms with E-state index in [4.69, 9.17) is 16.1 Å². The van der Waals surface area contributed by atoms with E-state index in [2.05, 4.69) is 90.0 Å². The van der Waals surface area contributed by atoms with Gasteiger partial charge in [-0.05, 0) is 51.9 Å². The third-order valence-corrected chi connectivity index (χ3v) is 6.10. The number of tetrazole rings is 1. The van der Waals surface area contributed by atoms with E-state index >= 15 is 0 Å². The molecule has 5 rings (SSSR count). The van der Waals surface area contributed by atoms with Crippen molar-refractivity contribution in [2.24, 2.45) is 0 Å². The van der Waals surface area contributed by atoms with Crippen molar-refractivity contribution in [3.8, 4) is 17.0 Å². The molecule has 0 aliphatic rings. The van der Waals surface area contributed by atoms with Crippen LogP contribution in [0.5, 0.6) is 0 Å². The molecule has 0 saturated heterocycles. The molecule has 0 unspecified atom stereocenters. The maximum atomic E-state index is 6.28. The topological polar surface area (TPSA) is 72.9 Å². The number of benzene rings is 3. The third-order valence-electron chi connectivity index (χ3n) is 5.33. The molecule has 0 amide bonds. The van der Waals surface area contributed by atoms with Crippen LogP contribution in [0, 0.1) is 0 Å². The van der Waals surface area contributed by atoms with Crippen molar-refractivity contribution in [2.45, 2.75) is 19.6 Å². The Morgan fingerprint density at radius 1 is 0.882 bits per heavy atom. The summed E-state index contributed by atoms with van der Waals surface area (Å²) in [4.78, 5) is 2.33. The van der Waals surface area contributed by atoms with Crippen molar-refractivity contribution in [3.63, 3.8) is 0 Å². The minimum absolute atomic E-state index is 0.589. The van der Waals surface area contributed by atoms with Crippen LogP contribution >= 0.6 is 27.5 Å². The standard InChI is InChI=1S/C25H20BrClN6O/c26-20-8-6-19(7-9-20)15-32(14-18-4-2-1-3-5-18)16-22-13-25(34-29-22)23-12-21(27)10-11-24(23)33-17-28-30-31-33/h1-13,17H,14-16H2. The first-order valence-electron chi connectivity index (χ1n) is 10.6. The highest BCUT2D eigenvalue weighted by molar-refractivity contribution is 9.10. The predicted molar refractivity (Wildman–Crippen MR) is 133 cm³/mol. The van der Waals surface area contributed by atoms with E-state index < -0.39 is 0 Å². The van der Waals surface area contributed by atoms with E-state index in [9.17, 15) is 0 Å². The average Bonchev–Trinajstić information content (AvgIpc) is 3.54. The van der Waals surface area contributed by atoms with Crippen molar-refractivity contribution in [2.75, 3.05) is 0 Å². The van der Waals surface area contributed by atoms with Crippen LogP contribution in [0.4, 0.5) is 0 Å². The first-order valence-corrected chi connectivity index (χ1v) is 11.8. The van der Waals surface area contributed by atoms with E-state index in [0.29, 0.717) is 17.3 Å². The second-order valence-electron chi connectivity index (χ2n) is 7.86. The largest absolute Gasteiger partial charge is 0.356 e. The number of nitrogens with zero attached hydrogens (tertiary/aromatic N) is 6. The lowest BCUT2D eigenvalue weighted by Gasteiger charge is -2.21. The molecule has 0 N–H and O–H groups in total. The second-order valence-corrected chi connectivity index (χ2v) is 9.21. The van der Waals surface area contributed by atoms with Crippen LogP contribution < -0.4 is 0 Å². The molecule has 170 valence electrons. The fourth-order valence-corrected chi connectivity index (χ4v) is 4.21. The normalized spacial score (nSPS) is 11.3. The molecular weight excluding hydrogens is 516 g/mol. The molecule has 0 atom stereocenters. The number of hydrogen-bond donors (Lipinski definition) is 0. The van der Waals surface area contributed by atoms with Gasteiger partial charge < -0.3 is 4.52 Å². The summed E-state index contributed by atoms with van der Waals surface area (Å²) in [7, 11) is 0. The van der Waals surface area contributed by atoms with Gasteiger partial charge in [-0.3, -0.25) is 4.90 Å². The Balaban J connectivity index is 1.41. The van der Waals surface area contributed by atoms with Crippen molar-refractivity contribution < 1.29 is 4.52 Å². The Labute approximate surface area is 210 Å². The van der Waals surface area contributed by atoms with Gasteiger partial charge in [0.05, 0.1) is 11.4 Å². The molecule has 2 aromatic heterocycles. The van der Waals surface area contributed by atoms with Gasteiger partial charge in [0, 0.05) is 40.8 Å². The van der Waals surface area contributed by atoms with E-state index in [1.165, 1.54) is 17.5 Å². The monoisotopic (exact) mass is 534 g/mol. The van der Waals surface area contributed by atoms with Crippen LogP contribution in [-0.2, 0) is 19.6 Å². The fraction of sp³-hybridized carbons (Fsp3) is 0.120. The summed E-state index contributed by atoms with van der Waals surface area (Å²) in [5, 5.41) is 16.4. The maximum absolute atomic E-state index is 6.28. The third kappa shape index (κ3) is 5.41. The Hall–Kier alpha value is -3.33. The van der Waals surface area contributed by atoms with E-state index in [-0.39, 0.29) is 0 Å². The minimum atomic E-state index is 0.589. The van der Waals surface area contributed by atoms with Crippen molar-refractivity contribution in [1.29, 1.82) is 0 Å². The minimum Gasteiger partial charge on any atom is -0.356 e. The average molecular weight is 536 g/mol. The lowest BCUT2D eigenvalue weighted by Crippen LogP contribution is -2.22. The molecule has 0 fully saturated rings. The Kier molecular flexibility index (Phi) is 6.80. The summed E-state index contributed by atoms with van der Waals surface area (Å²) in [6.45, 7) is 2.18. The predicted octanol–water partition coefficient (Wildman–Crippen LogP) is 5.94. The second kappa shape index (κ2) is 10.3. The lowest BCUT2D eigenvalue weighted by atomic mass is 10.1. The lowest BCUT2D eigenvalue weighted by molar-refractivity contribution is 0.239. The van der Waals surface area contributed by atoms with Gasteiger partial charge in [-0.25, -0.2) is 0 Å². The van der Waals surface area contributed by atoms with Gasteiger partial charge in [0.2, 0.25) is 0 Å². The van der Waals surface area contributed by atoms with Crippen LogP contribution in [0.1, 0.15) is 16.8 Å². The summed E-state index contributed by atoms with van der Waals surface area (Å²) < 4.78 is 8.37. The van der Waals surface area contributed by atoms with E-state index in [1.54, 1.807) is 10.7 Å². The molecule has 0 radical (unpaired) electrons. The summed E-state index contributed by atoms with van der Waals surface area (Å²) in [6.07, 6.45) is 1.53. The van der Waals surface area contributed by atoms with Gasteiger partial charge in [0.25, 0.3) is 0 Å². The molecule has 0 bridgehead atoms. The molecule has 9 heteroatoms. The zero-order valence-electron chi connectivity index (χ0n) is 18.1. The maximum Gasteiger partial charge on any atom is 0.169 e. The summed E-state index contributed by atoms with van der Waals surface area (Å²) in [6, 6.07) is 26.2. The highest BCUT2D eigenvalue weighted by atomic mass is 79.9. The highest BCUT2D eigenvalue weighted by Gasteiger charge is 2.17. The van der Waals surface area contributed by atoms with Crippen molar-refractivity contribution >= 4 is 27.5 Å². The molecule has 0 aliphatic carbocycles. The summed E-state index contributed by atoms with van der Waals surface area (Å²) >= 11 is 9.79. The zero-order chi connectivity index (χ0) is 23.3. The zero-order valence-corrected chi connectivity index (χ0v) is 20.4. The first-order chi connectivity index (χ1) is 16.6. The molecule has 2 heterocycles. The van der Waals surface area contributed by atoms with E-state index in [0.717, 1.165) is 34.5 Å². The number of hydrogen-bond acceptors (Lipinski definition) is 6. The van der Waals surface area contributed by atoms with Gasteiger partial charge in [-0.1, -0.05) is 75.2 Å². The van der Waals surface area contributed by atoms with E-state index in [1.807, 2.05) is 24.3 Å². The summed E-state index contributed by atoms with van der Waals surface area (Å²) in [5.74, 6) is 0.603. The molecule has 34 heavy (non-hydrogen) atoms. The van der Waals surface area contributed by atoms with Gasteiger partial charge >= 0.3 is 0 Å². The quantitative estimate of drug-likeness (QED) is 0.245. The molecule has 3 aromatic carbocycles. The van der Waals surface area contributed by atoms with Crippen LogP contribution in [0.2, 0.25) is 5.02 Å². The number of rotatable bonds is 8. The van der Waals surface area contributed by atoms with Crippen molar-refractivity contribution in [3.05, 3.63) is 112 Å². The smallest absolute Gasteiger partial charge is 0.169 e. The Morgan fingerprint density at radius 2 is 1.65 bits per heavy atom. The van der Waals surface area contributed by atoms with Crippen LogP contribution in [0.25, 0.3) is 17.0 Å². The van der Waals surface area contributed by atoms with Crippen LogP contribution in [0.15, 0.2) is 94.2 Å². The highest BCUT2D eigenvalue weighted by Crippen LogP contribution is 2.30. The number of halogens is 2. The van der Waals surface area contributed by atoms with Gasteiger partial charge in [-0.2, -0.15) is 4.68 Å². The molecule has 0 saturated carbocycles. The Bertz CT molecular complexity index is 1360. The van der Waals surface area contributed by atoms with Gasteiger partial charge in [0.1, 0.15) is 6.33 Å². The van der Waals surface area contributed by atoms with Crippen LogP contribution in [0.3, 0.4) is 0 Å². The molecule has 0 spiro atoms. The van der Waals surface area contributed by atoms with Crippen LogP contribution in [-0.4, -0.2) is 30.3 Å². The first kappa shape index (κ1) is 22.5. The molecular formula is C25H20BrClN6O. The van der Waals surface area contributed by atoms with Gasteiger partial charge in [0.15, 0.2) is 5.76 Å². The molecule has 5 aromatic rings. The van der Waals surface area contributed by atoms with Crippen molar-refractivity contribution in [1.82, 2.24) is 30.3 Å². The summed E-state index contributed by atoms with van der Waals surface area (Å²) in [5.41, 5.74) is 4.80. The molecule has 7 nitrogen and oxygen atoms in total. The fourth-order valence-electron chi connectivity index (χ4n) is 3.78. The molecule has 0 aliphatic heterocycles.